The third kappa shape index (κ3) is 4.21. The lowest BCUT2D eigenvalue weighted by molar-refractivity contribution is -0.129. The van der Waals surface area contributed by atoms with E-state index in [0.717, 1.165) is 16.9 Å². The summed E-state index contributed by atoms with van der Waals surface area (Å²) in [5, 5.41) is 6.17. The minimum absolute atomic E-state index is 0.0372. The highest BCUT2D eigenvalue weighted by Crippen LogP contribution is 2.22. The standard InChI is InChI=1S/C17H26N2O3/c1-11-6-5-7-12(2)16(11)22-10-13(3)19-17(20)15-14(4)21-9-8-18-15/h5-7,13-15,18H,8-10H2,1-4H3,(H,19,20)/t13?,14-,15+/m1/s1. The summed E-state index contributed by atoms with van der Waals surface area (Å²) in [4.78, 5) is 12.3. The molecule has 2 N–H and O–H groups in total. The molecular formula is C17H26N2O3. The summed E-state index contributed by atoms with van der Waals surface area (Å²) in [6.07, 6.45) is -0.111. The molecule has 1 heterocycles. The molecule has 1 unspecified atom stereocenters. The lowest BCUT2D eigenvalue weighted by Crippen LogP contribution is -2.57. The molecule has 1 amide bonds. The van der Waals surface area contributed by atoms with Gasteiger partial charge in [-0.3, -0.25) is 4.79 Å². The van der Waals surface area contributed by atoms with E-state index in [0.29, 0.717) is 19.8 Å². The molecule has 2 rings (SSSR count). The van der Waals surface area contributed by atoms with Crippen LogP contribution in [-0.2, 0) is 9.53 Å². The van der Waals surface area contributed by atoms with E-state index >= 15 is 0 Å². The first-order chi connectivity index (χ1) is 10.5. The average molecular weight is 306 g/mol. The molecule has 0 aromatic heterocycles. The molecule has 1 fully saturated rings. The van der Waals surface area contributed by atoms with E-state index in [1.165, 1.54) is 0 Å². The number of benzene rings is 1. The lowest BCUT2D eigenvalue weighted by atomic mass is 10.1. The third-order valence-electron chi connectivity index (χ3n) is 3.87. The summed E-state index contributed by atoms with van der Waals surface area (Å²) in [6.45, 7) is 9.70. The molecule has 1 aliphatic heterocycles. The Kier molecular flexibility index (Phi) is 5.80. The highest BCUT2D eigenvalue weighted by atomic mass is 16.5. The summed E-state index contributed by atoms with van der Waals surface area (Å²) in [5.41, 5.74) is 2.21. The van der Waals surface area contributed by atoms with Gasteiger partial charge in [-0.1, -0.05) is 18.2 Å². The van der Waals surface area contributed by atoms with Gasteiger partial charge in [0, 0.05) is 6.54 Å². The highest BCUT2D eigenvalue weighted by molar-refractivity contribution is 5.82. The molecule has 0 bridgehead atoms. The summed E-state index contributed by atoms with van der Waals surface area (Å²) in [7, 11) is 0. The van der Waals surface area contributed by atoms with Crippen LogP contribution in [0.4, 0.5) is 0 Å². The minimum Gasteiger partial charge on any atom is -0.491 e. The second-order valence-electron chi connectivity index (χ2n) is 5.95. The molecule has 1 aromatic rings. The van der Waals surface area contributed by atoms with Crippen molar-refractivity contribution in [3.05, 3.63) is 29.3 Å². The molecule has 0 aliphatic carbocycles. The zero-order valence-electron chi connectivity index (χ0n) is 13.8. The minimum atomic E-state index is -0.295. The molecule has 1 aromatic carbocycles. The Morgan fingerprint density at radius 3 is 2.77 bits per heavy atom. The van der Waals surface area contributed by atoms with Gasteiger partial charge in [0.2, 0.25) is 5.91 Å². The van der Waals surface area contributed by atoms with Gasteiger partial charge in [0.25, 0.3) is 0 Å². The number of morpholine rings is 1. The van der Waals surface area contributed by atoms with Crippen LogP contribution in [0.15, 0.2) is 18.2 Å². The van der Waals surface area contributed by atoms with E-state index in [2.05, 4.69) is 10.6 Å². The molecule has 0 radical (unpaired) electrons. The number of hydrogen-bond acceptors (Lipinski definition) is 4. The normalized spacial score (nSPS) is 22.9. The number of para-hydroxylation sites is 1. The number of carbonyl (C=O) groups is 1. The van der Waals surface area contributed by atoms with Crippen LogP contribution in [0.1, 0.15) is 25.0 Å². The van der Waals surface area contributed by atoms with Crippen LogP contribution in [0.2, 0.25) is 0 Å². The fourth-order valence-electron chi connectivity index (χ4n) is 2.64. The number of ether oxygens (including phenoxy) is 2. The van der Waals surface area contributed by atoms with Crippen molar-refractivity contribution in [3.63, 3.8) is 0 Å². The van der Waals surface area contributed by atoms with E-state index in [9.17, 15) is 4.79 Å². The molecular weight excluding hydrogens is 280 g/mol. The van der Waals surface area contributed by atoms with Crippen molar-refractivity contribution >= 4 is 5.91 Å². The summed E-state index contributed by atoms with van der Waals surface area (Å²) in [5.74, 6) is 0.862. The largest absolute Gasteiger partial charge is 0.491 e. The molecule has 22 heavy (non-hydrogen) atoms. The topological polar surface area (TPSA) is 59.6 Å². The molecule has 0 spiro atoms. The van der Waals surface area contributed by atoms with Crippen molar-refractivity contribution < 1.29 is 14.3 Å². The Bertz CT molecular complexity index is 498. The van der Waals surface area contributed by atoms with Gasteiger partial charge in [0.1, 0.15) is 18.4 Å². The number of amides is 1. The second-order valence-corrected chi connectivity index (χ2v) is 5.95. The predicted octanol–water partition coefficient (Wildman–Crippen LogP) is 1.56. The van der Waals surface area contributed by atoms with Gasteiger partial charge in [-0.2, -0.15) is 0 Å². The second kappa shape index (κ2) is 7.61. The summed E-state index contributed by atoms with van der Waals surface area (Å²) < 4.78 is 11.4. The average Bonchev–Trinajstić information content (AvgIpc) is 2.47. The van der Waals surface area contributed by atoms with Crippen LogP contribution in [0.25, 0.3) is 0 Å². The first kappa shape index (κ1) is 16.8. The van der Waals surface area contributed by atoms with Crippen LogP contribution in [0, 0.1) is 13.8 Å². The Hall–Kier alpha value is -1.59. The Morgan fingerprint density at radius 1 is 1.45 bits per heavy atom. The van der Waals surface area contributed by atoms with Crippen molar-refractivity contribution in [3.8, 4) is 5.75 Å². The molecule has 5 heteroatoms. The first-order valence-corrected chi connectivity index (χ1v) is 7.83. The van der Waals surface area contributed by atoms with Gasteiger partial charge in [-0.15, -0.1) is 0 Å². The molecule has 122 valence electrons. The highest BCUT2D eigenvalue weighted by Gasteiger charge is 2.28. The monoisotopic (exact) mass is 306 g/mol. The van der Waals surface area contributed by atoms with Crippen molar-refractivity contribution in [2.45, 2.75) is 45.9 Å². The van der Waals surface area contributed by atoms with Crippen LogP contribution >= 0.6 is 0 Å². The van der Waals surface area contributed by atoms with Gasteiger partial charge in [0.15, 0.2) is 0 Å². The fourth-order valence-corrected chi connectivity index (χ4v) is 2.64. The quantitative estimate of drug-likeness (QED) is 0.867. The van der Waals surface area contributed by atoms with Crippen molar-refractivity contribution in [1.82, 2.24) is 10.6 Å². The van der Waals surface area contributed by atoms with Gasteiger partial charge in [-0.05, 0) is 38.8 Å². The van der Waals surface area contributed by atoms with Gasteiger partial charge < -0.3 is 20.1 Å². The van der Waals surface area contributed by atoms with E-state index in [1.807, 2.05) is 45.9 Å². The van der Waals surface area contributed by atoms with E-state index in [-0.39, 0.29) is 24.1 Å². The van der Waals surface area contributed by atoms with Crippen LogP contribution in [-0.4, -0.2) is 43.9 Å². The maximum absolute atomic E-state index is 12.3. The van der Waals surface area contributed by atoms with E-state index < -0.39 is 0 Å². The number of rotatable bonds is 5. The number of nitrogens with one attached hydrogen (secondary N) is 2. The molecule has 0 saturated carbocycles. The van der Waals surface area contributed by atoms with E-state index in [1.54, 1.807) is 0 Å². The maximum atomic E-state index is 12.3. The van der Waals surface area contributed by atoms with Gasteiger partial charge in [0.05, 0.1) is 18.8 Å². The van der Waals surface area contributed by atoms with Crippen LogP contribution in [0.3, 0.4) is 0 Å². The lowest BCUT2D eigenvalue weighted by Gasteiger charge is -2.30. The predicted molar refractivity (Wildman–Crippen MR) is 86.2 cm³/mol. The molecule has 5 nitrogen and oxygen atoms in total. The number of carbonyl (C=O) groups excluding carboxylic acids is 1. The first-order valence-electron chi connectivity index (χ1n) is 7.83. The zero-order valence-corrected chi connectivity index (χ0v) is 13.8. The fraction of sp³-hybridized carbons (Fsp3) is 0.588. The van der Waals surface area contributed by atoms with Crippen LogP contribution in [0.5, 0.6) is 5.75 Å². The smallest absolute Gasteiger partial charge is 0.240 e. The summed E-state index contributed by atoms with van der Waals surface area (Å²) >= 11 is 0. The van der Waals surface area contributed by atoms with Gasteiger partial charge >= 0.3 is 0 Å². The van der Waals surface area contributed by atoms with E-state index in [4.69, 9.17) is 9.47 Å². The Labute approximate surface area is 132 Å². The maximum Gasteiger partial charge on any atom is 0.240 e. The number of hydrogen-bond donors (Lipinski definition) is 2. The molecule has 1 aliphatic rings. The molecule has 3 atom stereocenters. The van der Waals surface area contributed by atoms with Crippen LogP contribution < -0.4 is 15.4 Å². The van der Waals surface area contributed by atoms with Gasteiger partial charge in [-0.25, -0.2) is 0 Å². The Morgan fingerprint density at radius 2 is 2.14 bits per heavy atom. The van der Waals surface area contributed by atoms with Crippen molar-refractivity contribution in [2.75, 3.05) is 19.8 Å². The number of aryl methyl sites for hydroxylation is 2. The molecule has 1 saturated heterocycles. The summed E-state index contributed by atoms with van der Waals surface area (Å²) in [6, 6.07) is 5.70. The third-order valence-corrected chi connectivity index (χ3v) is 3.87. The van der Waals surface area contributed by atoms with Crippen molar-refractivity contribution in [2.24, 2.45) is 0 Å². The van der Waals surface area contributed by atoms with Crippen molar-refractivity contribution in [1.29, 1.82) is 0 Å². The Balaban J connectivity index is 1.85. The zero-order chi connectivity index (χ0) is 16.1. The SMILES string of the molecule is Cc1cccc(C)c1OCC(C)NC(=O)[C@H]1NCCO[C@@H]1C.